The average Bonchev–Trinajstić information content (AvgIpc) is 3.08. The van der Waals surface area contributed by atoms with Crippen molar-refractivity contribution < 1.29 is 5.11 Å². The van der Waals surface area contributed by atoms with Crippen molar-refractivity contribution in [3.63, 3.8) is 0 Å². The van der Waals surface area contributed by atoms with Gasteiger partial charge in [-0.15, -0.1) is 17.0 Å². The molecule has 0 spiro atoms. The summed E-state index contributed by atoms with van der Waals surface area (Å²) in [5, 5.41) is 13.9. The molecule has 0 aliphatic carbocycles. The summed E-state index contributed by atoms with van der Waals surface area (Å²) in [6, 6.07) is 17.6. The minimum atomic E-state index is 0. The number of phenolic OH excluding ortho intramolecular Hbond substituents is 1. The summed E-state index contributed by atoms with van der Waals surface area (Å²) in [5.74, 6) is 1.05. The number of aromatic hydroxyl groups is 1. The molecule has 0 bridgehead atoms. The van der Waals surface area contributed by atoms with E-state index in [0.717, 1.165) is 28.1 Å². The smallest absolute Gasteiger partial charge is 0.143 e. The van der Waals surface area contributed by atoms with Gasteiger partial charge in [0, 0.05) is 5.69 Å². The average molecular weight is 425 g/mol. The van der Waals surface area contributed by atoms with Crippen molar-refractivity contribution in [1.82, 2.24) is 15.0 Å². The molecule has 3 N–H and O–H groups in total. The number of nitrogens with one attached hydrogen (secondary N) is 2. The first kappa shape index (κ1) is 18.9. The first-order valence-corrected chi connectivity index (χ1v) is 8.57. The van der Waals surface area contributed by atoms with E-state index in [1.165, 1.54) is 11.1 Å². The lowest BCUT2D eigenvalue weighted by Gasteiger charge is -2.17. The minimum absolute atomic E-state index is 0. The Balaban J connectivity index is 0.00000210. The molecule has 27 heavy (non-hydrogen) atoms. The van der Waals surface area contributed by atoms with Gasteiger partial charge in [0.15, 0.2) is 0 Å². The lowest BCUT2D eigenvalue weighted by molar-refractivity contribution is 0.475. The number of nitrogens with zero attached hydrogens (tertiary/aromatic N) is 2. The van der Waals surface area contributed by atoms with Crippen LogP contribution >= 0.6 is 17.0 Å². The van der Waals surface area contributed by atoms with Gasteiger partial charge in [0.25, 0.3) is 0 Å². The van der Waals surface area contributed by atoms with E-state index < -0.39 is 0 Å². The van der Waals surface area contributed by atoms with Gasteiger partial charge in [0.2, 0.25) is 0 Å². The van der Waals surface area contributed by atoms with Crippen LogP contribution in [0, 0.1) is 6.92 Å². The van der Waals surface area contributed by atoms with Gasteiger partial charge in [-0.3, -0.25) is 0 Å². The normalized spacial score (nSPS) is 11.8. The van der Waals surface area contributed by atoms with E-state index in [0.29, 0.717) is 0 Å². The number of aryl methyl sites for hydroxylation is 1. The van der Waals surface area contributed by atoms with E-state index >= 15 is 0 Å². The van der Waals surface area contributed by atoms with Crippen LogP contribution in [0.5, 0.6) is 5.75 Å². The van der Waals surface area contributed by atoms with Crippen LogP contribution in [0.25, 0.3) is 22.3 Å². The number of aromatic nitrogens is 3. The topological polar surface area (TPSA) is 73.8 Å². The van der Waals surface area contributed by atoms with Crippen molar-refractivity contribution in [2.24, 2.45) is 0 Å². The second kappa shape index (κ2) is 7.80. The third-order valence-electron chi connectivity index (χ3n) is 4.61. The van der Waals surface area contributed by atoms with Gasteiger partial charge in [-0.25, -0.2) is 9.97 Å². The number of phenols is 1. The molecule has 0 aliphatic heterocycles. The number of anilines is 1. The largest absolute Gasteiger partial charge is 0.508 e. The maximum Gasteiger partial charge on any atom is 0.143 e. The molecule has 0 aliphatic rings. The maximum absolute atomic E-state index is 9.47. The fourth-order valence-corrected chi connectivity index (χ4v) is 3.21. The molecule has 0 amide bonds. The second-order valence-corrected chi connectivity index (χ2v) is 6.44. The van der Waals surface area contributed by atoms with E-state index in [2.05, 4.69) is 52.3 Å². The van der Waals surface area contributed by atoms with Crippen LogP contribution in [0.15, 0.2) is 60.9 Å². The zero-order chi connectivity index (χ0) is 18.1. The van der Waals surface area contributed by atoms with Gasteiger partial charge in [-0.2, -0.15) is 0 Å². The first-order chi connectivity index (χ1) is 12.6. The number of aromatic amines is 1. The van der Waals surface area contributed by atoms with E-state index in [9.17, 15) is 5.11 Å². The molecule has 0 radical (unpaired) electrons. The van der Waals surface area contributed by atoms with Crippen LogP contribution in [-0.4, -0.2) is 20.1 Å². The highest BCUT2D eigenvalue weighted by Gasteiger charge is 2.13. The highest BCUT2D eigenvalue weighted by atomic mass is 79.9. The lowest BCUT2D eigenvalue weighted by atomic mass is 10.0. The van der Waals surface area contributed by atoms with Crippen LogP contribution in [0.3, 0.4) is 0 Å². The van der Waals surface area contributed by atoms with Gasteiger partial charge in [-0.1, -0.05) is 24.3 Å². The minimum Gasteiger partial charge on any atom is -0.508 e. The molecular formula is C21H21BrN4O. The van der Waals surface area contributed by atoms with Crippen LogP contribution in [-0.2, 0) is 0 Å². The third-order valence-corrected chi connectivity index (χ3v) is 4.61. The number of fused-ring (bicyclic) bond motifs is 1. The Morgan fingerprint density at radius 3 is 2.52 bits per heavy atom. The van der Waals surface area contributed by atoms with Gasteiger partial charge in [-0.05, 0) is 60.9 Å². The fraction of sp³-hybridized carbons (Fsp3) is 0.143. The standard InChI is InChI=1S/C21H20N4O.BrH/c1-13-5-3-4-6-17(13)14(2)24-20-18-11-19(25-21(18)23-12-22-20)15-7-9-16(26)10-8-15;/h3-12,14,26H,1-2H3,(H2,22,23,24,25);1H. The van der Waals surface area contributed by atoms with Crippen LogP contribution in [0.2, 0.25) is 0 Å². The Labute approximate surface area is 168 Å². The number of rotatable bonds is 4. The molecule has 1 atom stereocenters. The molecule has 2 aromatic heterocycles. The molecule has 138 valence electrons. The second-order valence-electron chi connectivity index (χ2n) is 6.44. The van der Waals surface area contributed by atoms with Crippen molar-refractivity contribution in [1.29, 1.82) is 0 Å². The molecule has 4 aromatic rings. The molecule has 1 unspecified atom stereocenters. The summed E-state index contributed by atoms with van der Waals surface area (Å²) in [5.41, 5.74) is 5.19. The van der Waals surface area contributed by atoms with E-state index in [1.807, 2.05) is 24.3 Å². The van der Waals surface area contributed by atoms with Crippen LogP contribution in [0.1, 0.15) is 24.1 Å². The predicted molar refractivity (Wildman–Crippen MR) is 115 cm³/mol. The van der Waals surface area contributed by atoms with Gasteiger partial charge < -0.3 is 15.4 Å². The molecule has 0 saturated carbocycles. The van der Waals surface area contributed by atoms with Crippen LogP contribution in [0.4, 0.5) is 5.82 Å². The Morgan fingerprint density at radius 1 is 1.04 bits per heavy atom. The molecule has 4 rings (SSSR count). The Bertz CT molecular complexity index is 1060. The Morgan fingerprint density at radius 2 is 1.78 bits per heavy atom. The van der Waals surface area contributed by atoms with E-state index in [4.69, 9.17) is 0 Å². The molecule has 0 saturated heterocycles. The number of halogens is 1. The molecule has 0 fully saturated rings. The molecular weight excluding hydrogens is 404 g/mol. The molecule has 2 heterocycles. The monoisotopic (exact) mass is 424 g/mol. The van der Waals surface area contributed by atoms with Gasteiger partial charge in [0.05, 0.1) is 11.4 Å². The van der Waals surface area contributed by atoms with Crippen molar-refractivity contribution in [2.45, 2.75) is 19.9 Å². The summed E-state index contributed by atoms with van der Waals surface area (Å²) in [6.45, 7) is 4.24. The van der Waals surface area contributed by atoms with Crippen molar-refractivity contribution in [3.8, 4) is 17.0 Å². The number of hydrogen-bond donors (Lipinski definition) is 3. The van der Waals surface area contributed by atoms with E-state index in [-0.39, 0.29) is 28.8 Å². The number of H-pyrrole nitrogens is 1. The number of benzene rings is 2. The Hall–Kier alpha value is -2.86. The molecule has 5 nitrogen and oxygen atoms in total. The highest BCUT2D eigenvalue weighted by molar-refractivity contribution is 8.93. The van der Waals surface area contributed by atoms with Crippen molar-refractivity contribution in [2.75, 3.05) is 5.32 Å². The van der Waals surface area contributed by atoms with Crippen molar-refractivity contribution in [3.05, 3.63) is 72.1 Å². The fourth-order valence-electron chi connectivity index (χ4n) is 3.21. The maximum atomic E-state index is 9.47. The highest BCUT2D eigenvalue weighted by Crippen LogP contribution is 2.30. The van der Waals surface area contributed by atoms with Gasteiger partial charge >= 0.3 is 0 Å². The summed E-state index contributed by atoms with van der Waals surface area (Å²) in [7, 11) is 0. The van der Waals surface area contributed by atoms with Crippen molar-refractivity contribution >= 4 is 33.8 Å². The Kier molecular flexibility index (Phi) is 5.46. The quantitative estimate of drug-likeness (QED) is 0.410. The molecule has 2 aromatic carbocycles. The first-order valence-electron chi connectivity index (χ1n) is 8.57. The lowest BCUT2D eigenvalue weighted by Crippen LogP contribution is -2.09. The summed E-state index contributed by atoms with van der Waals surface area (Å²) < 4.78 is 0. The zero-order valence-corrected chi connectivity index (χ0v) is 16.8. The summed E-state index contributed by atoms with van der Waals surface area (Å²) >= 11 is 0. The number of hydrogen-bond acceptors (Lipinski definition) is 4. The third kappa shape index (κ3) is 3.80. The van der Waals surface area contributed by atoms with Crippen LogP contribution < -0.4 is 5.32 Å². The summed E-state index contributed by atoms with van der Waals surface area (Å²) in [6.07, 6.45) is 1.56. The predicted octanol–water partition coefficient (Wildman–Crippen LogP) is 5.39. The van der Waals surface area contributed by atoms with E-state index in [1.54, 1.807) is 18.5 Å². The zero-order valence-electron chi connectivity index (χ0n) is 15.1. The summed E-state index contributed by atoms with van der Waals surface area (Å²) in [4.78, 5) is 12.1. The molecule has 6 heteroatoms. The SMILES string of the molecule is Br.Cc1ccccc1C(C)Nc1ncnc2[nH]c(-c3ccc(O)cc3)cc12. The van der Waals surface area contributed by atoms with Gasteiger partial charge in [0.1, 0.15) is 23.5 Å².